The van der Waals surface area contributed by atoms with E-state index in [-0.39, 0.29) is 6.61 Å². The Balaban J connectivity index is 2.84. The average Bonchev–Trinajstić information content (AvgIpc) is 2.35. The molecule has 0 amide bonds. The van der Waals surface area contributed by atoms with E-state index >= 15 is 0 Å². The van der Waals surface area contributed by atoms with Crippen LogP contribution in [0.1, 0.15) is 45.6 Å². The summed E-state index contributed by atoms with van der Waals surface area (Å²) in [6.07, 6.45) is 5.22. The summed E-state index contributed by atoms with van der Waals surface area (Å²) in [6.45, 7) is 7.45. The topological polar surface area (TPSA) is 36.4 Å². The van der Waals surface area contributed by atoms with Crippen molar-refractivity contribution in [2.45, 2.75) is 52.7 Å². The average molecular weight is 271 g/mol. The zero-order valence-corrected chi connectivity index (χ0v) is 12.2. The maximum atomic E-state index is 9.25. The summed E-state index contributed by atoms with van der Waals surface area (Å²) in [5, 5.41) is 9.77. The molecule has 0 aromatic carbocycles. The number of nitrogens with zero attached hydrogens (tertiary/aromatic N) is 2. The first kappa shape index (κ1) is 15.3. The predicted octanol–water partition coefficient (Wildman–Crippen LogP) is 3.63. The van der Waals surface area contributed by atoms with Crippen molar-refractivity contribution >= 4 is 17.4 Å². The SMILES string of the molecule is CCCCCN(c1cc(CO)c(Cl)cn1)C(C)C. The third kappa shape index (κ3) is 4.14. The highest BCUT2D eigenvalue weighted by Gasteiger charge is 2.13. The van der Waals surface area contributed by atoms with Gasteiger partial charge in [0.1, 0.15) is 5.82 Å². The van der Waals surface area contributed by atoms with E-state index in [1.807, 2.05) is 6.07 Å². The fourth-order valence-corrected chi connectivity index (χ4v) is 2.08. The molecule has 0 spiro atoms. The number of aromatic nitrogens is 1. The number of hydrogen-bond acceptors (Lipinski definition) is 3. The van der Waals surface area contributed by atoms with Gasteiger partial charge >= 0.3 is 0 Å². The molecule has 1 aromatic rings. The van der Waals surface area contributed by atoms with E-state index in [4.69, 9.17) is 11.6 Å². The van der Waals surface area contributed by atoms with Crippen molar-refractivity contribution in [2.75, 3.05) is 11.4 Å². The summed E-state index contributed by atoms with van der Waals surface area (Å²) in [5.41, 5.74) is 0.739. The Morgan fingerprint density at radius 2 is 2.11 bits per heavy atom. The monoisotopic (exact) mass is 270 g/mol. The van der Waals surface area contributed by atoms with Crippen molar-refractivity contribution in [1.29, 1.82) is 0 Å². The summed E-state index contributed by atoms with van der Waals surface area (Å²) in [5.74, 6) is 0.898. The minimum atomic E-state index is -0.0464. The maximum absolute atomic E-state index is 9.25. The molecule has 0 aliphatic rings. The number of pyridine rings is 1. The van der Waals surface area contributed by atoms with Crippen molar-refractivity contribution in [3.63, 3.8) is 0 Å². The normalized spacial score (nSPS) is 11.0. The van der Waals surface area contributed by atoms with Crippen LogP contribution in [0.2, 0.25) is 5.02 Å². The molecule has 1 rings (SSSR count). The quantitative estimate of drug-likeness (QED) is 0.769. The summed E-state index contributed by atoms with van der Waals surface area (Å²) < 4.78 is 0. The summed E-state index contributed by atoms with van der Waals surface area (Å²) in [4.78, 5) is 6.63. The minimum Gasteiger partial charge on any atom is -0.392 e. The van der Waals surface area contributed by atoms with Crippen molar-refractivity contribution in [3.8, 4) is 0 Å². The van der Waals surface area contributed by atoms with E-state index in [0.717, 1.165) is 24.3 Å². The molecule has 3 nitrogen and oxygen atoms in total. The molecule has 0 aliphatic carbocycles. The lowest BCUT2D eigenvalue weighted by Gasteiger charge is -2.28. The summed E-state index contributed by atoms with van der Waals surface area (Å²) in [6, 6.07) is 2.27. The molecular formula is C14H23ClN2O. The minimum absolute atomic E-state index is 0.0464. The number of hydrogen-bond donors (Lipinski definition) is 1. The van der Waals surface area contributed by atoms with E-state index in [1.54, 1.807) is 6.20 Å². The molecule has 18 heavy (non-hydrogen) atoms. The van der Waals surface area contributed by atoms with Gasteiger partial charge in [0.25, 0.3) is 0 Å². The summed E-state index contributed by atoms with van der Waals surface area (Å²) >= 11 is 5.97. The van der Waals surface area contributed by atoms with E-state index in [1.165, 1.54) is 12.8 Å². The second-order valence-electron chi connectivity index (χ2n) is 4.79. The molecule has 1 heterocycles. The van der Waals surface area contributed by atoms with Gasteiger partial charge < -0.3 is 10.0 Å². The standard InChI is InChI=1S/C14H23ClN2O/c1-4-5-6-7-17(11(2)3)14-8-12(10-18)13(15)9-16-14/h8-9,11,18H,4-7,10H2,1-3H3. The van der Waals surface area contributed by atoms with E-state index in [2.05, 4.69) is 30.7 Å². The van der Waals surface area contributed by atoms with Crippen molar-refractivity contribution in [1.82, 2.24) is 4.98 Å². The molecular weight excluding hydrogens is 248 g/mol. The van der Waals surface area contributed by atoms with Crippen LogP contribution in [0.15, 0.2) is 12.3 Å². The Morgan fingerprint density at radius 1 is 1.39 bits per heavy atom. The largest absolute Gasteiger partial charge is 0.392 e. The third-order valence-electron chi connectivity index (χ3n) is 3.01. The van der Waals surface area contributed by atoms with Gasteiger partial charge in [-0.25, -0.2) is 4.98 Å². The zero-order valence-electron chi connectivity index (χ0n) is 11.5. The molecule has 0 radical (unpaired) electrons. The Bertz CT molecular complexity index is 369. The number of unbranched alkanes of at least 4 members (excludes halogenated alkanes) is 2. The van der Waals surface area contributed by atoms with Gasteiger partial charge in [-0.05, 0) is 26.3 Å². The van der Waals surface area contributed by atoms with Crippen LogP contribution in [0.3, 0.4) is 0 Å². The smallest absolute Gasteiger partial charge is 0.129 e. The molecule has 4 heteroatoms. The molecule has 0 saturated carbocycles. The van der Waals surface area contributed by atoms with Crippen LogP contribution in [0, 0.1) is 0 Å². The lowest BCUT2D eigenvalue weighted by molar-refractivity contribution is 0.282. The van der Waals surface area contributed by atoms with Crippen LogP contribution in [-0.4, -0.2) is 22.7 Å². The van der Waals surface area contributed by atoms with E-state index < -0.39 is 0 Å². The van der Waals surface area contributed by atoms with Gasteiger partial charge in [-0.3, -0.25) is 0 Å². The van der Waals surface area contributed by atoms with Crippen LogP contribution in [-0.2, 0) is 6.61 Å². The summed E-state index contributed by atoms with van der Waals surface area (Å²) in [7, 11) is 0. The van der Waals surface area contributed by atoms with Crippen molar-refractivity contribution < 1.29 is 5.11 Å². The van der Waals surface area contributed by atoms with Crippen LogP contribution in [0.4, 0.5) is 5.82 Å². The molecule has 0 fully saturated rings. The molecule has 1 aromatic heterocycles. The first-order valence-electron chi connectivity index (χ1n) is 6.62. The fourth-order valence-electron chi connectivity index (χ4n) is 1.92. The predicted molar refractivity (Wildman–Crippen MR) is 77.2 cm³/mol. The van der Waals surface area contributed by atoms with Crippen molar-refractivity contribution in [3.05, 3.63) is 22.8 Å². The number of aliphatic hydroxyl groups excluding tert-OH is 1. The Kier molecular flexibility index (Phi) is 6.44. The second-order valence-corrected chi connectivity index (χ2v) is 5.19. The molecule has 0 unspecified atom stereocenters. The number of anilines is 1. The highest BCUT2D eigenvalue weighted by atomic mass is 35.5. The van der Waals surface area contributed by atoms with Crippen molar-refractivity contribution in [2.24, 2.45) is 0 Å². The molecule has 0 bridgehead atoms. The molecule has 102 valence electrons. The first-order chi connectivity index (χ1) is 8.60. The fraction of sp³-hybridized carbons (Fsp3) is 0.643. The first-order valence-corrected chi connectivity index (χ1v) is 6.99. The number of rotatable bonds is 7. The Labute approximate surface area is 115 Å². The van der Waals surface area contributed by atoms with Gasteiger partial charge in [-0.1, -0.05) is 31.4 Å². The van der Waals surface area contributed by atoms with Crippen LogP contribution < -0.4 is 4.90 Å². The van der Waals surface area contributed by atoms with Gasteiger partial charge in [0.2, 0.25) is 0 Å². The zero-order chi connectivity index (χ0) is 13.5. The van der Waals surface area contributed by atoms with Crippen LogP contribution in [0.25, 0.3) is 0 Å². The molecule has 0 atom stereocenters. The van der Waals surface area contributed by atoms with Crippen LogP contribution >= 0.6 is 11.6 Å². The van der Waals surface area contributed by atoms with Gasteiger partial charge in [-0.15, -0.1) is 0 Å². The Hall–Kier alpha value is -0.800. The van der Waals surface area contributed by atoms with Gasteiger partial charge in [0, 0.05) is 24.3 Å². The third-order valence-corrected chi connectivity index (χ3v) is 3.35. The second kappa shape index (κ2) is 7.59. The Morgan fingerprint density at radius 3 is 2.67 bits per heavy atom. The van der Waals surface area contributed by atoms with E-state index in [9.17, 15) is 5.11 Å². The highest BCUT2D eigenvalue weighted by molar-refractivity contribution is 6.31. The van der Waals surface area contributed by atoms with E-state index in [0.29, 0.717) is 11.1 Å². The van der Waals surface area contributed by atoms with Crippen LogP contribution in [0.5, 0.6) is 0 Å². The van der Waals surface area contributed by atoms with Gasteiger partial charge in [0.05, 0.1) is 11.6 Å². The highest BCUT2D eigenvalue weighted by Crippen LogP contribution is 2.22. The van der Waals surface area contributed by atoms with Gasteiger partial charge in [-0.2, -0.15) is 0 Å². The van der Waals surface area contributed by atoms with Gasteiger partial charge in [0.15, 0.2) is 0 Å². The molecule has 1 N–H and O–H groups in total. The number of aliphatic hydroxyl groups is 1. The molecule has 0 saturated heterocycles. The lowest BCUT2D eigenvalue weighted by Crippen LogP contribution is -2.32. The molecule has 0 aliphatic heterocycles. The lowest BCUT2D eigenvalue weighted by atomic mass is 10.2. The maximum Gasteiger partial charge on any atom is 0.129 e. The number of halogens is 1.